The molecule has 0 spiro atoms. The van der Waals surface area contributed by atoms with Gasteiger partial charge in [-0.05, 0) is 0 Å². The van der Waals surface area contributed by atoms with Gasteiger partial charge >= 0.3 is 39.6 Å². The van der Waals surface area contributed by atoms with Crippen LogP contribution in [0.2, 0.25) is 10.6 Å². The zero-order valence-corrected chi connectivity index (χ0v) is 6.69. The van der Waals surface area contributed by atoms with E-state index in [1.807, 2.05) is 0 Å². The fourth-order valence-corrected chi connectivity index (χ4v) is 0.866. The van der Waals surface area contributed by atoms with Crippen LogP contribution >= 0.6 is 11.9 Å². The second kappa shape index (κ2) is 15.9. The Labute approximate surface area is 56.6 Å². The summed E-state index contributed by atoms with van der Waals surface area (Å²) in [5.74, 6) is 0. The van der Waals surface area contributed by atoms with Gasteiger partial charge < -0.3 is 4.66 Å². The van der Waals surface area contributed by atoms with Gasteiger partial charge in [0.15, 0.2) is 0 Å². The SMILES string of the molecule is C[CH2][Al+][CH2]C.[O-]Cl. The Morgan fingerprint density at radius 3 is 1.57 bits per heavy atom. The largest absolute Gasteiger partial charge is 0.769 e. The molecule has 0 aromatic carbocycles. The molecule has 0 radical (unpaired) electrons. The quantitative estimate of drug-likeness (QED) is 0.521. The second-order valence-corrected chi connectivity index (χ2v) is 3.32. The Morgan fingerprint density at radius 2 is 1.57 bits per heavy atom. The number of halogens is 1. The monoisotopic (exact) mass is 136 g/mol. The van der Waals surface area contributed by atoms with Crippen LogP contribution in [0.15, 0.2) is 0 Å². The third-order valence-electron chi connectivity index (χ3n) is 0.577. The van der Waals surface area contributed by atoms with Crippen molar-refractivity contribution in [2.24, 2.45) is 0 Å². The van der Waals surface area contributed by atoms with Crippen LogP contribution in [0.3, 0.4) is 0 Å². The molecule has 0 aromatic rings. The van der Waals surface area contributed by atoms with E-state index in [2.05, 4.69) is 25.7 Å². The molecule has 0 aromatic heterocycles. The summed E-state index contributed by atoms with van der Waals surface area (Å²) in [6, 6.07) is 0. The molecule has 0 aliphatic heterocycles. The second-order valence-electron chi connectivity index (χ2n) is 1.11. The van der Waals surface area contributed by atoms with Gasteiger partial charge in [-0.1, -0.05) is 0 Å². The van der Waals surface area contributed by atoms with Crippen LogP contribution in [-0.2, 0) is 0 Å². The molecule has 0 saturated carbocycles. The Kier molecular flexibility index (Phi) is 24.2. The molecule has 0 aliphatic carbocycles. The van der Waals surface area contributed by atoms with Gasteiger partial charge in [-0.3, -0.25) is 0 Å². The van der Waals surface area contributed by atoms with Gasteiger partial charge in [0.2, 0.25) is 0 Å². The molecule has 3 heteroatoms. The van der Waals surface area contributed by atoms with Crippen LogP contribution in [0.25, 0.3) is 0 Å². The maximum absolute atomic E-state index is 7.72. The van der Waals surface area contributed by atoms with E-state index in [0.717, 1.165) is 15.2 Å². The van der Waals surface area contributed by atoms with E-state index in [1.165, 1.54) is 10.6 Å². The first kappa shape index (κ1) is 10.7. The summed E-state index contributed by atoms with van der Waals surface area (Å²) in [7, 11) is 0. The average molecular weight is 137 g/mol. The third kappa shape index (κ3) is 20.0. The van der Waals surface area contributed by atoms with Crippen LogP contribution in [-0.4, -0.2) is 15.2 Å². The van der Waals surface area contributed by atoms with E-state index in [0.29, 0.717) is 0 Å². The van der Waals surface area contributed by atoms with Crippen LogP contribution in [0.5, 0.6) is 0 Å². The molecule has 1 nitrogen and oxygen atoms in total. The molecule has 0 aliphatic rings. The molecule has 0 N–H and O–H groups in total. The molecular formula is C4H10AlClO. The van der Waals surface area contributed by atoms with Gasteiger partial charge in [0, 0.05) is 0 Å². The first-order valence-corrected chi connectivity index (χ1v) is 4.33. The molecule has 0 rings (SSSR count). The molecule has 0 heterocycles. The smallest absolute Gasteiger partial charge is 0.231 e. The van der Waals surface area contributed by atoms with Gasteiger partial charge in [0.05, 0.1) is 0 Å². The van der Waals surface area contributed by atoms with Crippen molar-refractivity contribution in [1.29, 1.82) is 0 Å². The zero-order valence-electron chi connectivity index (χ0n) is 4.78. The molecule has 0 atom stereocenters. The van der Waals surface area contributed by atoms with Crippen molar-refractivity contribution in [2.75, 3.05) is 0 Å². The van der Waals surface area contributed by atoms with Crippen LogP contribution in [0, 0.1) is 0 Å². The molecular weight excluding hydrogens is 126 g/mol. The van der Waals surface area contributed by atoms with Crippen LogP contribution < -0.4 is 4.66 Å². The van der Waals surface area contributed by atoms with E-state index in [1.54, 1.807) is 0 Å². The Bertz CT molecular complexity index is 19.2. The fourth-order valence-electron chi connectivity index (χ4n) is 0.289. The van der Waals surface area contributed by atoms with Crippen LogP contribution in [0.4, 0.5) is 0 Å². The van der Waals surface area contributed by atoms with E-state index < -0.39 is 0 Å². The van der Waals surface area contributed by atoms with Gasteiger partial charge in [-0.25, -0.2) is 11.9 Å². The van der Waals surface area contributed by atoms with Crippen molar-refractivity contribution >= 4 is 27.1 Å². The first-order chi connectivity index (χ1) is 3.41. The van der Waals surface area contributed by atoms with Crippen molar-refractivity contribution in [1.82, 2.24) is 0 Å². The van der Waals surface area contributed by atoms with E-state index >= 15 is 0 Å². The molecule has 42 valence electrons. The summed E-state index contributed by atoms with van der Waals surface area (Å²) in [6.45, 7) is 4.50. The van der Waals surface area contributed by atoms with E-state index in [9.17, 15) is 0 Å². The Hall–Kier alpha value is 0.782. The topological polar surface area (TPSA) is 23.1 Å². The minimum Gasteiger partial charge on any atom is -0.769 e. The summed E-state index contributed by atoms with van der Waals surface area (Å²) in [6.07, 6.45) is 0. The molecule has 0 fully saturated rings. The number of hydrogen-bond acceptors (Lipinski definition) is 1. The predicted molar refractivity (Wildman–Crippen MR) is 32.6 cm³/mol. The standard InChI is InChI=1S/2C2H5.Al.ClO/c2*1-2;;1-2/h2*1H2,2H3;;/q;;+1;-1. The van der Waals surface area contributed by atoms with Gasteiger partial charge in [0.25, 0.3) is 0 Å². The summed E-state index contributed by atoms with van der Waals surface area (Å²) in [4.78, 5) is 0. The van der Waals surface area contributed by atoms with Gasteiger partial charge in [0.1, 0.15) is 0 Å². The van der Waals surface area contributed by atoms with Crippen molar-refractivity contribution in [2.45, 2.75) is 24.4 Å². The van der Waals surface area contributed by atoms with Gasteiger partial charge in [-0.2, -0.15) is 0 Å². The van der Waals surface area contributed by atoms with Crippen LogP contribution in [0.1, 0.15) is 13.8 Å². The number of rotatable bonds is 2. The van der Waals surface area contributed by atoms with Crippen molar-refractivity contribution in [3.63, 3.8) is 0 Å². The fraction of sp³-hybridized carbons (Fsp3) is 1.00. The molecule has 7 heavy (non-hydrogen) atoms. The minimum atomic E-state index is 0.815. The zero-order chi connectivity index (χ0) is 6.12. The Morgan fingerprint density at radius 1 is 1.29 bits per heavy atom. The molecule has 0 unspecified atom stereocenters. The molecule has 0 bridgehead atoms. The van der Waals surface area contributed by atoms with Crippen molar-refractivity contribution in [3.05, 3.63) is 0 Å². The summed E-state index contributed by atoms with van der Waals surface area (Å²) in [5.41, 5.74) is 0. The van der Waals surface area contributed by atoms with Gasteiger partial charge in [-0.15, -0.1) is 0 Å². The molecule has 0 saturated heterocycles. The third-order valence-corrected chi connectivity index (χ3v) is 1.73. The van der Waals surface area contributed by atoms with E-state index in [4.69, 9.17) is 4.66 Å². The average Bonchev–Trinajstić information content (AvgIpc) is 1.75. The predicted octanol–water partition coefficient (Wildman–Crippen LogP) is 1.07. The summed E-state index contributed by atoms with van der Waals surface area (Å²) < 4.78 is 7.72. The maximum Gasteiger partial charge on any atom is -0.231 e. The van der Waals surface area contributed by atoms with Crippen molar-refractivity contribution in [3.8, 4) is 0 Å². The summed E-state index contributed by atoms with van der Waals surface area (Å²) in [5, 5.41) is 2.85. The first-order valence-electron chi connectivity index (χ1n) is 2.39. The number of hydrogen-bond donors (Lipinski definition) is 0. The maximum atomic E-state index is 7.72. The Balaban J connectivity index is 0. The molecule has 0 amide bonds. The van der Waals surface area contributed by atoms with Crippen molar-refractivity contribution < 1.29 is 4.66 Å². The minimum absolute atomic E-state index is 0.815. The van der Waals surface area contributed by atoms with E-state index in [-0.39, 0.29) is 0 Å². The summed E-state index contributed by atoms with van der Waals surface area (Å²) >= 11 is 4.20. The normalized spacial score (nSPS) is 5.71.